The number of aromatic nitrogens is 4. The third kappa shape index (κ3) is 3.45. The van der Waals surface area contributed by atoms with Crippen molar-refractivity contribution in [3.05, 3.63) is 51.0 Å². The smallest absolute Gasteiger partial charge is 0.302 e. The molecule has 1 aromatic carbocycles. The van der Waals surface area contributed by atoms with Crippen molar-refractivity contribution in [3.8, 4) is 0 Å². The van der Waals surface area contributed by atoms with Crippen LogP contribution in [0.2, 0.25) is 5.15 Å². The van der Waals surface area contributed by atoms with Gasteiger partial charge in [-0.3, -0.25) is 4.57 Å². The minimum Gasteiger partial charge on any atom is -0.302 e. The number of sulfone groups is 1. The molecule has 0 atom stereocenters. The molecule has 0 aliphatic heterocycles. The monoisotopic (exact) mass is 380 g/mol. The Hall–Kier alpha value is -2.19. The minimum atomic E-state index is -3.65. The van der Waals surface area contributed by atoms with Crippen LogP contribution in [-0.2, 0) is 16.4 Å². The predicted octanol–water partition coefficient (Wildman–Crippen LogP) is 2.31. The molecular weight excluding hydrogens is 364 g/mol. The molecule has 3 aromatic rings. The van der Waals surface area contributed by atoms with Gasteiger partial charge < -0.3 is 4.98 Å². The van der Waals surface area contributed by atoms with E-state index in [1.807, 2.05) is 31.2 Å². The molecule has 9 heteroatoms. The third-order valence-corrected chi connectivity index (χ3v) is 5.73. The van der Waals surface area contributed by atoms with Crippen molar-refractivity contribution >= 4 is 32.6 Å². The molecule has 7 nitrogen and oxygen atoms in total. The largest absolute Gasteiger partial charge is 0.328 e. The first-order valence-electron chi connectivity index (χ1n) is 7.76. The number of halogens is 1. The van der Waals surface area contributed by atoms with Crippen LogP contribution in [0.3, 0.4) is 0 Å². The molecule has 0 spiro atoms. The van der Waals surface area contributed by atoms with Crippen LogP contribution < -0.4 is 5.69 Å². The number of hydrogen-bond donors (Lipinski definition) is 1. The van der Waals surface area contributed by atoms with Crippen LogP contribution >= 0.6 is 11.6 Å². The summed E-state index contributed by atoms with van der Waals surface area (Å²) in [5, 5.41) is -0.442. The van der Waals surface area contributed by atoms with Crippen LogP contribution in [-0.4, -0.2) is 33.7 Å². The number of aromatic amines is 1. The molecule has 132 valence electrons. The normalized spacial score (nSPS) is 12.0. The van der Waals surface area contributed by atoms with E-state index >= 15 is 0 Å². The molecule has 3 rings (SSSR count). The Bertz CT molecular complexity index is 1090. The van der Waals surface area contributed by atoms with Crippen molar-refractivity contribution in [2.45, 2.75) is 32.0 Å². The van der Waals surface area contributed by atoms with Gasteiger partial charge in [0.15, 0.2) is 10.8 Å². The van der Waals surface area contributed by atoms with Gasteiger partial charge in [0.2, 0.25) is 9.84 Å². The average Bonchev–Trinajstić information content (AvgIpc) is 2.86. The van der Waals surface area contributed by atoms with Crippen molar-refractivity contribution in [1.82, 2.24) is 19.5 Å². The second-order valence-corrected chi connectivity index (χ2v) is 8.18. The molecule has 0 aliphatic rings. The first kappa shape index (κ1) is 17.6. The predicted molar refractivity (Wildman–Crippen MR) is 95.8 cm³/mol. The first-order chi connectivity index (χ1) is 11.8. The zero-order valence-electron chi connectivity index (χ0n) is 13.8. The minimum absolute atomic E-state index is 0.0819. The average molecular weight is 381 g/mol. The lowest BCUT2D eigenvalue weighted by Gasteiger charge is -2.06. The van der Waals surface area contributed by atoms with Gasteiger partial charge in [-0.05, 0) is 18.9 Å². The Balaban J connectivity index is 2.15. The highest BCUT2D eigenvalue weighted by Crippen LogP contribution is 2.20. The van der Waals surface area contributed by atoms with Gasteiger partial charge in [0, 0.05) is 0 Å². The van der Waals surface area contributed by atoms with Crippen LogP contribution in [0.15, 0.2) is 34.2 Å². The van der Waals surface area contributed by atoms with Gasteiger partial charge in [-0.15, -0.1) is 0 Å². The fourth-order valence-corrected chi connectivity index (χ4v) is 3.94. The van der Waals surface area contributed by atoms with Crippen molar-refractivity contribution in [3.63, 3.8) is 0 Å². The quantitative estimate of drug-likeness (QED) is 0.541. The zero-order valence-corrected chi connectivity index (χ0v) is 15.4. The molecule has 0 bridgehead atoms. The van der Waals surface area contributed by atoms with Crippen LogP contribution in [0.25, 0.3) is 11.2 Å². The summed E-state index contributed by atoms with van der Waals surface area (Å²) in [5.41, 5.74) is 1.99. The number of H-pyrrole nitrogens is 1. The number of benzene rings is 1. The standard InChI is InChI=1S/C16H17ClN4O3S/c1-3-8-25(23,24)15-19-13(17)12-14(20-15)21(16(22)18-12)9-11-6-4-10(2)5-7-11/h4-7H,3,8-9H2,1-2H3,(H,18,22). The van der Waals surface area contributed by atoms with E-state index in [1.165, 1.54) is 4.57 Å². The maximum absolute atomic E-state index is 12.3. The Morgan fingerprint density at radius 2 is 1.88 bits per heavy atom. The number of rotatable bonds is 5. The van der Waals surface area contributed by atoms with E-state index in [4.69, 9.17) is 11.6 Å². The Labute approximate surface area is 149 Å². The van der Waals surface area contributed by atoms with E-state index in [1.54, 1.807) is 6.92 Å². The van der Waals surface area contributed by atoms with Crippen LogP contribution in [0, 0.1) is 6.92 Å². The second-order valence-electron chi connectivity index (χ2n) is 5.82. The van der Waals surface area contributed by atoms with Crippen LogP contribution in [0.4, 0.5) is 0 Å². The molecule has 0 radical (unpaired) electrons. The SMILES string of the molecule is CCCS(=O)(=O)c1nc(Cl)c2[nH]c(=O)n(Cc3ccc(C)cc3)c2n1. The summed E-state index contributed by atoms with van der Waals surface area (Å²) in [5.74, 6) is -0.0819. The summed E-state index contributed by atoms with van der Waals surface area (Å²) >= 11 is 6.08. The highest BCUT2D eigenvalue weighted by atomic mass is 35.5. The van der Waals surface area contributed by atoms with Gasteiger partial charge in [0.1, 0.15) is 5.52 Å². The summed E-state index contributed by atoms with van der Waals surface area (Å²) in [6.45, 7) is 3.97. The Kier molecular flexibility index (Phi) is 4.66. The summed E-state index contributed by atoms with van der Waals surface area (Å²) in [7, 11) is -3.65. The molecule has 0 saturated carbocycles. The van der Waals surface area contributed by atoms with Gasteiger partial charge in [0.25, 0.3) is 5.16 Å². The number of nitrogens with one attached hydrogen (secondary N) is 1. The highest BCUT2D eigenvalue weighted by molar-refractivity contribution is 7.91. The molecule has 0 unspecified atom stereocenters. The molecule has 0 aliphatic carbocycles. The van der Waals surface area contributed by atoms with E-state index in [2.05, 4.69) is 15.0 Å². The maximum atomic E-state index is 12.3. The van der Waals surface area contributed by atoms with Gasteiger partial charge >= 0.3 is 5.69 Å². The topological polar surface area (TPSA) is 97.7 Å². The lowest BCUT2D eigenvalue weighted by molar-refractivity contribution is 0.586. The lowest BCUT2D eigenvalue weighted by Crippen LogP contribution is -2.18. The summed E-state index contributed by atoms with van der Waals surface area (Å²) < 4.78 is 25.9. The van der Waals surface area contributed by atoms with Crippen molar-refractivity contribution < 1.29 is 8.42 Å². The van der Waals surface area contributed by atoms with E-state index in [0.717, 1.165) is 11.1 Å². The van der Waals surface area contributed by atoms with Gasteiger partial charge in [0.05, 0.1) is 12.3 Å². The van der Waals surface area contributed by atoms with Crippen molar-refractivity contribution in [2.24, 2.45) is 0 Å². The number of nitrogens with zero attached hydrogens (tertiary/aromatic N) is 3. The first-order valence-corrected chi connectivity index (χ1v) is 9.79. The van der Waals surface area contributed by atoms with Gasteiger partial charge in [-0.1, -0.05) is 48.4 Å². The zero-order chi connectivity index (χ0) is 18.2. The summed E-state index contributed by atoms with van der Waals surface area (Å²) in [4.78, 5) is 22.8. The van der Waals surface area contributed by atoms with Crippen molar-refractivity contribution in [1.29, 1.82) is 0 Å². The summed E-state index contributed by atoms with van der Waals surface area (Å²) in [6.07, 6.45) is 0.435. The van der Waals surface area contributed by atoms with E-state index in [-0.39, 0.29) is 33.8 Å². The van der Waals surface area contributed by atoms with Gasteiger partial charge in [-0.2, -0.15) is 4.98 Å². The molecule has 0 fully saturated rings. The molecule has 0 saturated heterocycles. The second kappa shape index (κ2) is 6.61. The number of imidazole rings is 1. The van der Waals surface area contributed by atoms with E-state index in [0.29, 0.717) is 6.42 Å². The Morgan fingerprint density at radius 1 is 1.20 bits per heavy atom. The third-order valence-electron chi connectivity index (χ3n) is 3.77. The number of aryl methyl sites for hydroxylation is 1. The highest BCUT2D eigenvalue weighted by Gasteiger charge is 2.22. The molecule has 25 heavy (non-hydrogen) atoms. The maximum Gasteiger partial charge on any atom is 0.328 e. The fourth-order valence-electron chi connectivity index (χ4n) is 2.50. The molecule has 2 aromatic heterocycles. The number of fused-ring (bicyclic) bond motifs is 1. The van der Waals surface area contributed by atoms with E-state index in [9.17, 15) is 13.2 Å². The molecule has 0 amide bonds. The molecule has 2 heterocycles. The van der Waals surface area contributed by atoms with Crippen LogP contribution in [0.1, 0.15) is 24.5 Å². The lowest BCUT2D eigenvalue weighted by atomic mass is 10.1. The Morgan fingerprint density at radius 3 is 2.52 bits per heavy atom. The van der Waals surface area contributed by atoms with Crippen LogP contribution in [0.5, 0.6) is 0 Å². The van der Waals surface area contributed by atoms with E-state index < -0.39 is 15.5 Å². The molecule has 1 N–H and O–H groups in total. The number of hydrogen-bond acceptors (Lipinski definition) is 5. The fraction of sp³-hybridized carbons (Fsp3) is 0.312. The van der Waals surface area contributed by atoms with Gasteiger partial charge in [-0.25, -0.2) is 18.2 Å². The summed E-state index contributed by atoms with van der Waals surface area (Å²) in [6, 6.07) is 7.68. The van der Waals surface area contributed by atoms with Crippen molar-refractivity contribution in [2.75, 3.05) is 5.75 Å². The molecular formula is C16H17ClN4O3S.